The SMILES string of the molecule is CC(C)[C@H]1CC[P@@](=O)(c2ccccc2)CC1. The summed E-state index contributed by atoms with van der Waals surface area (Å²) < 4.78 is 12.8. The van der Waals surface area contributed by atoms with E-state index in [2.05, 4.69) is 13.8 Å². The molecule has 1 saturated heterocycles. The summed E-state index contributed by atoms with van der Waals surface area (Å²) in [6.07, 6.45) is 4.12. The predicted molar refractivity (Wildman–Crippen MR) is 71.0 cm³/mol. The maximum atomic E-state index is 12.8. The Hall–Kier alpha value is -0.550. The van der Waals surface area contributed by atoms with Crippen molar-refractivity contribution < 1.29 is 4.57 Å². The Morgan fingerprint density at radius 3 is 2.19 bits per heavy atom. The quantitative estimate of drug-likeness (QED) is 0.715. The maximum Gasteiger partial charge on any atom is 0.115 e. The van der Waals surface area contributed by atoms with E-state index < -0.39 is 7.14 Å². The third kappa shape index (κ3) is 2.40. The Bertz CT molecular complexity index is 371. The van der Waals surface area contributed by atoms with Crippen molar-refractivity contribution in [3.8, 4) is 0 Å². The highest BCUT2D eigenvalue weighted by Gasteiger charge is 2.32. The monoisotopic (exact) mass is 236 g/mol. The topological polar surface area (TPSA) is 17.1 Å². The van der Waals surface area contributed by atoms with Crippen molar-refractivity contribution in [1.82, 2.24) is 0 Å². The Balaban J connectivity index is 2.10. The van der Waals surface area contributed by atoms with Crippen LogP contribution in [0.15, 0.2) is 30.3 Å². The van der Waals surface area contributed by atoms with E-state index >= 15 is 0 Å². The van der Waals surface area contributed by atoms with Crippen molar-refractivity contribution in [1.29, 1.82) is 0 Å². The smallest absolute Gasteiger partial charge is 0.115 e. The van der Waals surface area contributed by atoms with Gasteiger partial charge in [-0.2, -0.15) is 0 Å². The second-order valence-corrected chi connectivity index (χ2v) is 8.44. The Morgan fingerprint density at radius 2 is 1.69 bits per heavy atom. The van der Waals surface area contributed by atoms with Crippen molar-refractivity contribution in [2.75, 3.05) is 12.3 Å². The Morgan fingerprint density at radius 1 is 1.12 bits per heavy atom. The molecule has 1 aliphatic rings. The van der Waals surface area contributed by atoms with Crippen LogP contribution in [0.3, 0.4) is 0 Å². The maximum absolute atomic E-state index is 12.8. The first-order chi connectivity index (χ1) is 7.62. The number of hydrogen-bond acceptors (Lipinski definition) is 1. The van der Waals surface area contributed by atoms with Crippen molar-refractivity contribution >= 4 is 12.4 Å². The van der Waals surface area contributed by atoms with E-state index in [1.807, 2.05) is 30.3 Å². The summed E-state index contributed by atoms with van der Waals surface area (Å²) in [4.78, 5) is 0. The van der Waals surface area contributed by atoms with Crippen molar-refractivity contribution in [2.24, 2.45) is 11.8 Å². The molecule has 0 amide bonds. The average molecular weight is 236 g/mol. The van der Waals surface area contributed by atoms with Gasteiger partial charge in [0.2, 0.25) is 0 Å². The molecule has 1 fully saturated rings. The minimum atomic E-state index is -2.04. The molecular formula is C14H21OP. The van der Waals surface area contributed by atoms with Gasteiger partial charge in [0.25, 0.3) is 0 Å². The molecule has 88 valence electrons. The third-order valence-electron chi connectivity index (χ3n) is 3.89. The molecule has 0 unspecified atom stereocenters. The first kappa shape index (κ1) is 11.9. The van der Waals surface area contributed by atoms with Crippen LogP contribution in [0, 0.1) is 11.8 Å². The highest BCUT2D eigenvalue weighted by atomic mass is 31.2. The van der Waals surface area contributed by atoms with Gasteiger partial charge in [0.05, 0.1) is 0 Å². The molecule has 0 aliphatic carbocycles. The summed E-state index contributed by atoms with van der Waals surface area (Å²) >= 11 is 0. The summed E-state index contributed by atoms with van der Waals surface area (Å²) in [5, 5.41) is 1.09. The molecule has 0 saturated carbocycles. The van der Waals surface area contributed by atoms with Gasteiger partial charge in [0, 0.05) is 17.6 Å². The lowest BCUT2D eigenvalue weighted by atomic mass is 9.91. The summed E-state index contributed by atoms with van der Waals surface area (Å²) in [6.45, 7) is 4.56. The third-order valence-corrected chi connectivity index (χ3v) is 7.09. The Labute approximate surface area is 98.6 Å². The minimum absolute atomic E-state index is 0.740. The number of rotatable bonds is 2. The molecule has 0 atom stereocenters. The molecule has 0 bridgehead atoms. The van der Waals surface area contributed by atoms with Crippen LogP contribution in [0.1, 0.15) is 26.7 Å². The Kier molecular flexibility index (Phi) is 3.54. The molecule has 1 heterocycles. The molecule has 1 aromatic carbocycles. The van der Waals surface area contributed by atoms with E-state index in [9.17, 15) is 4.57 Å². The van der Waals surface area contributed by atoms with Crippen LogP contribution in [0.2, 0.25) is 0 Å². The van der Waals surface area contributed by atoms with Gasteiger partial charge in [0.1, 0.15) is 7.14 Å². The van der Waals surface area contributed by atoms with E-state index in [4.69, 9.17) is 0 Å². The lowest BCUT2D eigenvalue weighted by Crippen LogP contribution is -2.23. The zero-order chi connectivity index (χ0) is 11.6. The molecule has 16 heavy (non-hydrogen) atoms. The largest absolute Gasteiger partial charge is 0.319 e. The number of benzene rings is 1. The van der Waals surface area contributed by atoms with Gasteiger partial charge in [-0.25, -0.2) is 0 Å². The van der Waals surface area contributed by atoms with E-state index in [-0.39, 0.29) is 0 Å². The highest BCUT2D eigenvalue weighted by molar-refractivity contribution is 7.71. The van der Waals surface area contributed by atoms with Crippen LogP contribution >= 0.6 is 7.14 Å². The van der Waals surface area contributed by atoms with E-state index in [0.717, 1.165) is 42.3 Å². The van der Waals surface area contributed by atoms with Gasteiger partial charge in [-0.3, -0.25) is 0 Å². The summed E-state index contributed by atoms with van der Waals surface area (Å²) in [5.74, 6) is 1.52. The van der Waals surface area contributed by atoms with Crippen LogP contribution in [-0.2, 0) is 4.57 Å². The molecular weight excluding hydrogens is 215 g/mol. The van der Waals surface area contributed by atoms with Gasteiger partial charge in [-0.1, -0.05) is 44.2 Å². The zero-order valence-electron chi connectivity index (χ0n) is 10.2. The first-order valence-electron chi connectivity index (χ1n) is 6.25. The van der Waals surface area contributed by atoms with Gasteiger partial charge >= 0.3 is 0 Å². The average Bonchev–Trinajstić information content (AvgIpc) is 2.31. The summed E-state index contributed by atoms with van der Waals surface area (Å²) in [6, 6.07) is 10.1. The fourth-order valence-corrected chi connectivity index (χ4v) is 5.58. The van der Waals surface area contributed by atoms with Crippen LogP contribution < -0.4 is 5.30 Å². The molecule has 1 aliphatic heterocycles. The van der Waals surface area contributed by atoms with Gasteiger partial charge in [-0.15, -0.1) is 0 Å². The van der Waals surface area contributed by atoms with E-state index in [0.29, 0.717) is 0 Å². The molecule has 2 heteroatoms. The minimum Gasteiger partial charge on any atom is -0.319 e. The van der Waals surface area contributed by atoms with Gasteiger partial charge in [0.15, 0.2) is 0 Å². The fourth-order valence-electron chi connectivity index (χ4n) is 2.63. The zero-order valence-corrected chi connectivity index (χ0v) is 11.1. The molecule has 1 aromatic rings. The fraction of sp³-hybridized carbons (Fsp3) is 0.571. The molecule has 0 N–H and O–H groups in total. The highest BCUT2D eigenvalue weighted by Crippen LogP contribution is 2.51. The molecule has 0 aromatic heterocycles. The lowest BCUT2D eigenvalue weighted by Gasteiger charge is -2.31. The second-order valence-electron chi connectivity index (χ2n) is 5.25. The standard InChI is InChI=1S/C14H21OP/c1-12(2)13-8-10-16(15,11-9-13)14-6-4-3-5-7-14/h3-7,12-13H,8-11H2,1-2H3/t13-,16-. The summed E-state index contributed by atoms with van der Waals surface area (Å²) in [7, 11) is -2.04. The molecule has 0 spiro atoms. The number of hydrogen-bond donors (Lipinski definition) is 0. The lowest BCUT2D eigenvalue weighted by molar-refractivity contribution is 0.352. The van der Waals surface area contributed by atoms with Crippen molar-refractivity contribution in [3.63, 3.8) is 0 Å². The van der Waals surface area contributed by atoms with Crippen LogP contribution in [0.5, 0.6) is 0 Å². The normalized spacial score (nSPS) is 30.6. The summed E-state index contributed by atoms with van der Waals surface area (Å²) in [5.41, 5.74) is 0. The van der Waals surface area contributed by atoms with Crippen molar-refractivity contribution in [2.45, 2.75) is 26.7 Å². The molecule has 2 rings (SSSR count). The van der Waals surface area contributed by atoms with E-state index in [1.165, 1.54) is 0 Å². The van der Waals surface area contributed by atoms with E-state index in [1.54, 1.807) is 0 Å². The van der Waals surface area contributed by atoms with Crippen molar-refractivity contribution in [3.05, 3.63) is 30.3 Å². The van der Waals surface area contributed by atoms with Gasteiger partial charge < -0.3 is 4.57 Å². The van der Waals surface area contributed by atoms with Gasteiger partial charge in [-0.05, 0) is 24.7 Å². The molecule has 1 nitrogen and oxygen atoms in total. The second kappa shape index (κ2) is 4.75. The van der Waals surface area contributed by atoms with Crippen LogP contribution in [0.4, 0.5) is 0 Å². The van der Waals surface area contributed by atoms with Crippen LogP contribution in [-0.4, -0.2) is 12.3 Å². The molecule has 0 radical (unpaired) electrons. The first-order valence-corrected chi connectivity index (χ1v) is 8.33. The van der Waals surface area contributed by atoms with Crippen LogP contribution in [0.25, 0.3) is 0 Å². The predicted octanol–water partition coefficient (Wildman–Crippen LogP) is 3.74.